The normalized spacial score (nSPS) is 12.5. The van der Waals surface area contributed by atoms with Crippen molar-refractivity contribution in [2.24, 2.45) is 0 Å². The summed E-state index contributed by atoms with van der Waals surface area (Å²) in [7, 11) is 0. The van der Waals surface area contributed by atoms with E-state index in [9.17, 15) is 4.39 Å². The summed E-state index contributed by atoms with van der Waals surface area (Å²) in [5.41, 5.74) is 2.97. The van der Waals surface area contributed by atoms with E-state index in [1.54, 1.807) is 6.07 Å². The number of nitrogens with one attached hydrogen (secondary N) is 1. The summed E-state index contributed by atoms with van der Waals surface area (Å²) < 4.78 is 13.9. The molecule has 0 aliphatic carbocycles. The molecule has 114 valence electrons. The minimum atomic E-state index is -0.110. The molecule has 0 amide bonds. The summed E-state index contributed by atoms with van der Waals surface area (Å²) in [5, 5.41) is 3.39. The second-order valence-electron chi connectivity index (χ2n) is 5.43. The molecule has 0 spiro atoms. The Bertz CT molecular complexity index is 412. The first-order valence-corrected chi connectivity index (χ1v) is 7.83. The molecule has 20 heavy (non-hydrogen) atoms. The molecule has 1 N–H and O–H groups in total. The summed E-state index contributed by atoms with van der Waals surface area (Å²) in [6.45, 7) is 13.3. The zero-order chi connectivity index (χ0) is 15.1. The highest BCUT2D eigenvalue weighted by Crippen LogP contribution is 2.29. The van der Waals surface area contributed by atoms with Crippen LogP contribution in [0.25, 0.3) is 0 Å². The molecule has 1 aromatic carbocycles. The van der Waals surface area contributed by atoms with Gasteiger partial charge in [0.25, 0.3) is 0 Å². The van der Waals surface area contributed by atoms with Crippen molar-refractivity contribution in [2.45, 2.75) is 53.5 Å². The average Bonchev–Trinajstić information content (AvgIpc) is 2.41. The molecule has 1 rings (SSSR count). The van der Waals surface area contributed by atoms with Gasteiger partial charge in [-0.3, -0.25) is 0 Å². The first kappa shape index (κ1) is 17.0. The van der Waals surface area contributed by atoms with Crippen molar-refractivity contribution in [3.8, 4) is 0 Å². The van der Waals surface area contributed by atoms with Crippen molar-refractivity contribution in [3.05, 3.63) is 29.1 Å². The monoisotopic (exact) mass is 280 g/mol. The molecule has 3 heteroatoms. The minimum Gasteiger partial charge on any atom is -0.371 e. The summed E-state index contributed by atoms with van der Waals surface area (Å²) >= 11 is 0. The lowest BCUT2D eigenvalue weighted by molar-refractivity contribution is 0.576. The van der Waals surface area contributed by atoms with Crippen molar-refractivity contribution >= 4 is 5.69 Å². The number of benzene rings is 1. The van der Waals surface area contributed by atoms with Crippen LogP contribution in [-0.4, -0.2) is 19.6 Å². The predicted molar refractivity (Wildman–Crippen MR) is 86.0 cm³/mol. The molecule has 0 heterocycles. The number of rotatable bonds is 8. The predicted octanol–water partition coefficient (Wildman–Crippen LogP) is 4.43. The Labute approximate surface area is 123 Å². The fourth-order valence-electron chi connectivity index (χ4n) is 2.61. The zero-order valence-corrected chi connectivity index (χ0v) is 13.6. The van der Waals surface area contributed by atoms with E-state index in [1.165, 1.54) is 5.69 Å². The molecule has 0 aliphatic heterocycles. The fourth-order valence-corrected chi connectivity index (χ4v) is 2.61. The lowest BCUT2D eigenvalue weighted by Crippen LogP contribution is -2.28. The van der Waals surface area contributed by atoms with E-state index in [2.05, 4.69) is 37.9 Å². The van der Waals surface area contributed by atoms with Gasteiger partial charge in [-0.1, -0.05) is 20.8 Å². The average molecular weight is 280 g/mol. The molecule has 1 aromatic rings. The molecular formula is C17H29FN2. The molecule has 0 aromatic heterocycles. The zero-order valence-electron chi connectivity index (χ0n) is 13.6. The van der Waals surface area contributed by atoms with Gasteiger partial charge in [0.15, 0.2) is 0 Å². The molecule has 0 bridgehead atoms. The van der Waals surface area contributed by atoms with E-state index < -0.39 is 0 Å². The lowest BCUT2D eigenvalue weighted by Gasteiger charge is -2.29. The Kier molecular flexibility index (Phi) is 7.00. The van der Waals surface area contributed by atoms with E-state index in [-0.39, 0.29) is 11.9 Å². The van der Waals surface area contributed by atoms with Crippen LogP contribution < -0.4 is 10.2 Å². The first-order chi connectivity index (χ1) is 9.54. The standard InChI is InChI=1S/C17H29FN2/c1-6-9-20(10-7-2)17-11-13(4)16(18)12-15(17)14(5)19-8-3/h11-12,14,19H,6-10H2,1-5H3. The van der Waals surface area contributed by atoms with Crippen LogP contribution in [0.2, 0.25) is 0 Å². The van der Waals surface area contributed by atoms with Gasteiger partial charge in [-0.25, -0.2) is 4.39 Å². The van der Waals surface area contributed by atoms with Crippen molar-refractivity contribution < 1.29 is 4.39 Å². The van der Waals surface area contributed by atoms with Gasteiger partial charge in [-0.05, 0) is 56.5 Å². The van der Waals surface area contributed by atoms with Crippen molar-refractivity contribution in [1.82, 2.24) is 5.32 Å². The molecule has 1 unspecified atom stereocenters. The van der Waals surface area contributed by atoms with E-state index >= 15 is 0 Å². The van der Waals surface area contributed by atoms with Crippen LogP contribution >= 0.6 is 0 Å². The third-order valence-corrected chi connectivity index (χ3v) is 3.61. The molecule has 0 aliphatic rings. The highest BCUT2D eigenvalue weighted by Gasteiger charge is 2.17. The van der Waals surface area contributed by atoms with Gasteiger partial charge in [0, 0.05) is 24.8 Å². The van der Waals surface area contributed by atoms with E-state index in [0.29, 0.717) is 0 Å². The number of aryl methyl sites for hydroxylation is 1. The minimum absolute atomic E-state index is 0.110. The Morgan fingerprint density at radius 2 is 1.75 bits per heavy atom. The van der Waals surface area contributed by atoms with Crippen LogP contribution in [0.4, 0.5) is 10.1 Å². The molecule has 0 saturated heterocycles. The van der Waals surface area contributed by atoms with Gasteiger partial charge in [0.05, 0.1) is 0 Å². The van der Waals surface area contributed by atoms with Crippen LogP contribution in [0.3, 0.4) is 0 Å². The smallest absolute Gasteiger partial charge is 0.126 e. The Morgan fingerprint density at radius 1 is 1.15 bits per heavy atom. The molecular weight excluding hydrogens is 251 g/mol. The number of halogens is 1. The Balaban J connectivity index is 3.22. The van der Waals surface area contributed by atoms with Gasteiger partial charge in [0.1, 0.15) is 5.82 Å². The van der Waals surface area contributed by atoms with E-state index in [0.717, 1.165) is 43.6 Å². The van der Waals surface area contributed by atoms with Crippen LogP contribution in [0.15, 0.2) is 12.1 Å². The van der Waals surface area contributed by atoms with Gasteiger partial charge < -0.3 is 10.2 Å². The van der Waals surface area contributed by atoms with Gasteiger partial charge in [-0.15, -0.1) is 0 Å². The summed E-state index contributed by atoms with van der Waals surface area (Å²) in [4.78, 5) is 2.38. The topological polar surface area (TPSA) is 15.3 Å². The lowest BCUT2D eigenvalue weighted by atomic mass is 10.0. The third-order valence-electron chi connectivity index (χ3n) is 3.61. The van der Waals surface area contributed by atoms with Crippen LogP contribution in [0, 0.1) is 12.7 Å². The highest BCUT2D eigenvalue weighted by atomic mass is 19.1. The van der Waals surface area contributed by atoms with Gasteiger partial charge in [0.2, 0.25) is 0 Å². The Morgan fingerprint density at radius 3 is 2.25 bits per heavy atom. The molecule has 0 saturated carbocycles. The maximum Gasteiger partial charge on any atom is 0.126 e. The third kappa shape index (κ3) is 4.20. The first-order valence-electron chi connectivity index (χ1n) is 7.83. The van der Waals surface area contributed by atoms with Crippen LogP contribution in [-0.2, 0) is 0 Å². The second kappa shape index (κ2) is 8.25. The highest BCUT2D eigenvalue weighted by molar-refractivity contribution is 5.57. The van der Waals surface area contributed by atoms with E-state index in [1.807, 2.05) is 13.0 Å². The van der Waals surface area contributed by atoms with Gasteiger partial charge >= 0.3 is 0 Å². The number of hydrogen-bond donors (Lipinski definition) is 1. The maximum atomic E-state index is 13.9. The number of anilines is 1. The Hall–Kier alpha value is -1.09. The molecule has 0 radical (unpaired) electrons. The fraction of sp³-hybridized carbons (Fsp3) is 0.647. The van der Waals surface area contributed by atoms with Crippen molar-refractivity contribution in [2.75, 3.05) is 24.5 Å². The van der Waals surface area contributed by atoms with E-state index in [4.69, 9.17) is 0 Å². The molecule has 1 atom stereocenters. The molecule has 2 nitrogen and oxygen atoms in total. The van der Waals surface area contributed by atoms with Crippen molar-refractivity contribution in [3.63, 3.8) is 0 Å². The summed E-state index contributed by atoms with van der Waals surface area (Å²) in [5.74, 6) is -0.110. The summed E-state index contributed by atoms with van der Waals surface area (Å²) in [6.07, 6.45) is 2.21. The number of nitrogens with zero attached hydrogens (tertiary/aromatic N) is 1. The van der Waals surface area contributed by atoms with Crippen molar-refractivity contribution in [1.29, 1.82) is 0 Å². The van der Waals surface area contributed by atoms with Crippen LogP contribution in [0.1, 0.15) is 57.7 Å². The summed E-state index contributed by atoms with van der Waals surface area (Å²) in [6, 6.07) is 3.88. The maximum absolute atomic E-state index is 13.9. The second-order valence-corrected chi connectivity index (χ2v) is 5.43. The van der Waals surface area contributed by atoms with Crippen LogP contribution in [0.5, 0.6) is 0 Å². The quantitative estimate of drug-likeness (QED) is 0.757. The van der Waals surface area contributed by atoms with Gasteiger partial charge in [-0.2, -0.15) is 0 Å². The SMILES string of the molecule is CCCN(CCC)c1cc(C)c(F)cc1C(C)NCC. The number of hydrogen-bond acceptors (Lipinski definition) is 2. The molecule has 0 fully saturated rings. The largest absolute Gasteiger partial charge is 0.371 e.